The third-order valence-electron chi connectivity index (χ3n) is 4.29. The maximum atomic E-state index is 5.87. The lowest BCUT2D eigenvalue weighted by atomic mass is 10.0. The van der Waals surface area contributed by atoms with Crippen molar-refractivity contribution in [1.29, 1.82) is 0 Å². The summed E-state index contributed by atoms with van der Waals surface area (Å²) in [6.07, 6.45) is 9.69. The lowest BCUT2D eigenvalue weighted by molar-refractivity contribution is 0.207. The van der Waals surface area contributed by atoms with Crippen molar-refractivity contribution >= 4 is 17.6 Å². The van der Waals surface area contributed by atoms with E-state index in [1.165, 1.54) is 0 Å². The van der Waals surface area contributed by atoms with Crippen LogP contribution >= 0.6 is 11.8 Å². The van der Waals surface area contributed by atoms with Gasteiger partial charge in [-0.2, -0.15) is 0 Å². The monoisotopic (exact) mass is 359 g/mol. The van der Waals surface area contributed by atoms with Crippen LogP contribution in [-0.4, -0.2) is 53.0 Å². The van der Waals surface area contributed by atoms with Gasteiger partial charge in [-0.3, -0.25) is 4.98 Å². The molecule has 1 atom stereocenters. The Morgan fingerprint density at radius 2 is 2.16 bits per heavy atom. The molecule has 0 radical (unpaired) electrons. The molecule has 1 N–H and O–H groups in total. The molecule has 1 saturated heterocycles. The van der Waals surface area contributed by atoms with Crippen LogP contribution in [0.15, 0.2) is 41.9 Å². The number of hydrogen-bond donors (Lipinski definition) is 1. The van der Waals surface area contributed by atoms with Crippen molar-refractivity contribution in [3.05, 3.63) is 36.8 Å². The highest BCUT2D eigenvalue weighted by Crippen LogP contribution is 2.20. The maximum absolute atomic E-state index is 5.87. The van der Waals surface area contributed by atoms with E-state index >= 15 is 0 Å². The predicted molar refractivity (Wildman–Crippen MR) is 101 cm³/mol. The zero-order valence-corrected chi connectivity index (χ0v) is 15.6. The number of rotatable bonds is 7. The molecule has 2 aromatic rings. The van der Waals surface area contributed by atoms with Crippen molar-refractivity contribution in [2.45, 2.75) is 37.1 Å². The summed E-state index contributed by atoms with van der Waals surface area (Å²) in [6, 6.07) is 6.35. The third-order valence-corrected chi connectivity index (χ3v) is 4.85. The number of piperidine rings is 1. The molecule has 0 aliphatic carbocycles. The van der Waals surface area contributed by atoms with E-state index in [-0.39, 0.29) is 6.10 Å². The Hall–Kier alpha value is -1.86. The fourth-order valence-corrected chi connectivity index (χ4v) is 3.29. The Balaban J connectivity index is 1.41. The van der Waals surface area contributed by atoms with Crippen LogP contribution in [0.5, 0.6) is 5.75 Å². The first kappa shape index (κ1) is 17.9. The normalized spacial score (nSPS) is 16.6. The molecule has 0 aromatic carbocycles. The van der Waals surface area contributed by atoms with Crippen LogP contribution in [0, 0.1) is 0 Å². The summed E-state index contributed by atoms with van der Waals surface area (Å²) < 4.78 is 5.87. The molecular weight excluding hydrogens is 334 g/mol. The first-order valence-electron chi connectivity index (χ1n) is 8.66. The molecule has 0 bridgehead atoms. The summed E-state index contributed by atoms with van der Waals surface area (Å²) in [5.41, 5.74) is 0. The van der Waals surface area contributed by atoms with Gasteiger partial charge in [0.15, 0.2) is 5.16 Å². The first-order valence-corrected chi connectivity index (χ1v) is 9.89. The van der Waals surface area contributed by atoms with E-state index in [4.69, 9.17) is 4.74 Å². The highest BCUT2D eigenvalue weighted by molar-refractivity contribution is 7.98. The second-order valence-electron chi connectivity index (χ2n) is 6.19. The second kappa shape index (κ2) is 9.01. The fraction of sp³-hybridized carbons (Fsp3) is 0.500. The van der Waals surface area contributed by atoms with Gasteiger partial charge in [0.2, 0.25) is 0 Å². The predicted octanol–water partition coefficient (Wildman–Crippen LogP) is 2.62. The van der Waals surface area contributed by atoms with Gasteiger partial charge in [0.25, 0.3) is 0 Å². The molecule has 25 heavy (non-hydrogen) atoms. The Bertz CT molecular complexity index is 649. The molecule has 1 fully saturated rings. The van der Waals surface area contributed by atoms with Gasteiger partial charge >= 0.3 is 0 Å². The molecule has 0 saturated carbocycles. The van der Waals surface area contributed by atoms with Crippen LogP contribution < -0.4 is 15.0 Å². The largest absolute Gasteiger partial charge is 0.488 e. The van der Waals surface area contributed by atoms with Crippen LogP contribution in [0.3, 0.4) is 0 Å². The van der Waals surface area contributed by atoms with E-state index in [1.54, 1.807) is 24.2 Å². The highest BCUT2D eigenvalue weighted by atomic mass is 32.2. The number of aromatic nitrogens is 3. The lowest BCUT2D eigenvalue weighted by Crippen LogP contribution is -2.45. The Kier molecular flexibility index (Phi) is 6.47. The van der Waals surface area contributed by atoms with Crippen LogP contribution in [0.2, 0.25) is 0 Å². The molecule has 0 spiro atoms. The zero-order valence-electron chi connectivity index (χ0n) is 14.8. The van der Waals surface area contributed by atoms with Crippen molar-refractivity contribution in [1.82, 2.24) is 20.3 Å². The quantitative estimate of drug-likeness (QED) is 0.602. The Labute approximate surface area is 153 Å². The molecule has 3 rings (SSSR count). The van der Waals surface area contributed by atoms with Gasteiger partial charge in [-0.05, 0) is 44.2 Å². The van der Waals surface area contributed by atoms with Crippen LogP contribution in [0.25, 0.3) is 0 Å². The van der Waals surface area contributed by atoms with Crippen molar-refractivity contribution in [3.8, 4) is 5.75 Å². The van der Waals surface area contributed by atoms with Gasteiger partial charge < -0.3 is 15.0 Å². The molecule has 0 unspecified atom stereocenters. The van der Waals surface area contributed by atoms with Crippen LogP contribution in [0.1, 0.15) is 19.8 Å². The standard InChI is InChI=1S/C18H25N5OS/c1-14(24-16-4-3-8-19-13-16)12-21-15-6-10-23(11-7-15)17-5-9-20-18(22-17)25-2/h3-5,8-9,13-15,21H,6-7,10-12H2,1-2H3/t14-/m0/s1. The molecule has 134 valence electrons. The smallest absolute Gasteiger partial charge is 0.189 e. The summed E-state index contributed by atoms with van der Waals surface area (Å²) in [4.78, 5) is 15.3. The van der Waals surface area contributed by atoms with E-state index in [0.29, 0.717) is 6.04 Å². The molecule has 7 heteroatoms. The Morgan fingerprint density at radius 3 is 2.88 bits per heavy atom. The van der Waals surface area contributed by atoms with Crippen molar-refractivity contribution in [2.24, 2.45) is 0 Å². The topological polar surface area (TPSA) is 63.2 Å². The number of nitrogens with one attached hydrogen (secondary N) is 1. The van der Waals surface area contributed by atoms with Gasteiger partial charge in [0.05, 0.1) is 6.20 Å². The minimum atomic E-state index is 0.119. The van der Waals surface area contributed by atoms with Gasteiger partial charge in [-0.25, -0.2) is 9.97 Å². The number of pyridine rings is 1. The SMILES string of the molecule is CSc1nccc(N2CCC(NC[C@H](C)Oc3cccnc3)CC2)n1. The molecule has 2 aromatic heterocycles. The number of thioether (sulfide) groups is 1. The highest BCUT2D eigenvalue weighted by Gasteiger charge is 2.20. The van der Waals surface area contributed by atoms with E-state index in [2.05, 4.69) is 32.1 Å². The van der Waals surface area contributed by atoms with Gasteiger partial charge in [0, 0.05) is 38.1 Å². The van der Waals surface area contributed by atoms with E-state index in [0.717, 1.165) is 49.2 Å². The van der Waals surface area contributed by atoms with Gasteiger partial charge in [-0.1, -0.05) is 11.8 Å². The van der Waals surface area contributed by atoms with E-state index in [9.17, 15) is 0 Å². The molecule has 1 aliphatic heterocycles. The summed E-state index contributed by atoms with van der Waals surface area (Å²) in [7, 11) is 0. The number of hydrogen-bond acceptors (Lipinski definition) is 7. The molecular formula is C18H25N5OS. The minimum Gasteiger partial charge on any atom is -0.488 e. The summed E-state index contributed by atoms with van der Waals surface area (Å²) in [6.45, 7) is 4.95. The van der Waals surface area contributed by atoms with Crippen LogP contribution in [0.4, 0.5) is 5.82 Å². The second-order valence-corrected chi connectivity index (χ2v) is 6.96. The van der Waals surface area contributed by atoms with Crippen molar-refractivity contribution < 1.29 is 4.74 Å². The fourth-order valence-electron chi connectivity index (χ4n) is 2.94. The van der Waals surface area contributed by atoms with Gasteiger partial charge in [0.1, 0.15) is 17.7 Å². The van der Waals surface area contributed by atoms with Crippen LogP contribution in [-0.2, 0) is 0 Å². The number of ether oxygens (including phenoxy) is 1. The molecule has 6 nitrogen and oxygen atoms in total. The van der Waals surface area contributed by atoms with Gasteiger partial charge in [-0.15, -0.1) is 0 Å². The average molecular weight is 359 g/mol. The molecule has 1 aliphatic rings. The molecule has 3 heterocycles. The summed E-state index contributed by atoms with van der Waals surface area (Å²) in [5.74, 6) is 1.85. The summed E-state index contributed by atoms with van der Waals surface area (Å²) in [5, 5.41) is 4.46. The number of nitrogens with zero attached hydrogens (tertiary/aromatic N) is 4. The average Bonchev–Trinajstić information content (AvgIpc) is 2.67. The molecule has 0 amide bonds. The lowest BCUT2D eigenvalue weighted by Gasteiger charge is -2.33. The van der Waals surface area contributed by atoms with E-state index < -0.39 is 0 Å². The Morgan fingerprint density at radius 1 is 1.32 bits per heavy atom. The van der Waals surface area contributed by atoms with Crippen molar-refractivity contribution in [2.75, 3.05) is 30.8 Å². The maximum Gasteiger partial charge on any atom is 0.189 e. The summed E-state index contributed by atoms with van der Waals surface area (Å²) >= 11 is 1.58. The van der Waals surface area contributed by atoms with Crippen molar-refractivity contribution in [3.63, 3.8) is 0 Å². The first-order chi connectivity index (χ1) is 12.2. The minimum absolute atomic E-state index is 0.119. The van der Waals surface area contributed by atoms with E-state index in [1.807, 2.05) is 30.7 Å². The zero-order chi connectivity index (χ0) is 17.5. The number of anilines is 1. The third kappa shape index (κ3) is 5.31.